The summed E-state index contributed by atoms with van der Waals surface area (Å²) in [6, 6.07) is 7.56. The molecule has 36 heavy (non-hydrogen) atoms. The number of fused-ring (bicyclic) bond motifs is 5. The molecule has 5 rings (SSSR count). The number of carbonyl (C=O) groups excluding carboxylic acids is 2. The van der Waals surface area contributed by atoms with Gasteiger partial charge >= 0.3 is 11.9 Å². The van der Waals surface area contributed by atoms with E-state index in [-0.39, 0.29) is 55.0 Å². The molecule has 2 aliphatic heterocycles. The standard InChI is InChI=1S/C25H24N4O7/c1-2-25(35)15-9-19-21-12(10-29(19)22(31)14(15)11-36-24(25)34)8-13-17(4-3-5-18(13)28-21)27-20(30)7-6-16(26)23(32)33/h3-5,8-9,16,35H,2,6-7,10-11,26H2,1H3,(H,27,30)(H,32,33)/t16-,25?/m0/s1. The molecule has 2 atom stereocenters. The summed E-state index contributed by atoms with van der Waals surface area (Å²) in [4.78, 5) is 53.7. The second kappa shape index (κ2) is 8.54. The van der Waals surface area contributed by atoms with E-state index in [0.29, 0.717) is 28.0 Å². The fourth-order valence-electron chi connectivity index (χ4n) is 4.73. The number of nitrogens with zero attached hydrogens (tertiary/aromatic N) is 2. The summed E-state index contributed by atoms with van der Waals surface area (Å²) < 4.78 is 6.63. The van der Waals surface area contributed by atoms with Gasteiger partial charge in [-0.05, 0) is 37.1 Å². The van der Waals surface area contributed by atoms with Crippen LogP contribution in [-0.4, -0.2) is 43.7 Å². The number of amides is 1. The lowest BCUT2D eigenvalue weighted by molar-refractivity contribution is -0.172. The molecule has 1 amide bonds. The first-order valence-corrected chi connectivity index (χ1v) is 11.5. The Kier molecular flexibility index (Phi) is 5.61. The number of nitrogens with one attached hydrogen (secondary N) is 1. The summed E-state index contributed by atoms with van der Waals surface area (Å²) in [5.74, 6) is -2.33. The maximum Gasteiger partial charge on any atom is 0.343 e. The summed E-state index contributed by atoms with van der Waals surface area (Å²) in [5.41, 5.74) is 6.57. The number of ether oxygens (including phenoxy) is 1. The Morgan fingerprint density at radius 2 is 2.08 bits per heavy atom. The Balaban J connectivity index is 1.53. The van der Waals surface area contributed by atoms with Gasteiger partial charge in [-0.1, -0.05) is 13.0 Å². The van der Waals surface area contributed by atoms with Gasteiger partial charge < -0.3 is 30.6 Å². The smallest absolute Gasteiger partial charge is 0.343 e. The number of pyridine rings is 2. The molecule has 1 aromatic carbocycles. The Morgan fingerprint density at radius 3 is 2.81 bits per heavy atom. The van der Waals surface area contributed by atoms with E-state index in [0.717, 1.165) is 5.56 Å². The first-order valence-electron chi connectivity index (χ1n) is 11.5. The highest BCUT2D eigenvalue weighted by Crippen LogP contribution is 2.39. The van der Waals surface area contributed by atoms with Crippen LogP contribution in [0, 0.1) is 0 Å². The predicted octanol–water partition coefficient (Wildman–Crippen LogP) is 1.21. The zero-order chi connectivity index (χ0) is 25.8. The molecule has 11 nitrogen and oxygen atoms in total. The SMILES string of the molecule is CCC1(O)C(=O)OCc2c1cc1n(c2=O)Cc2cc3c(NC(=O)CC[C@H](N)C(=O)O)cccc3nc2-1. The van der Waals surface area contributed by atoms with E-state index < -0.39 is 23.6 Å². The molecule has 186 valence electrons. The second-order valence-electron chi connectivity index (χ2n) is 9.00. The number of aliphatic hydroxyl groups is 1. The molecule has 3 aromatic rings. The molecule has 2 aromatic heterocycles. The van der Waals surface area contributed by atoms with Gasteiger partial charge in [0.1, 0.15) is 12.6 Å². The monoisotopic (exact) mass is 492 g/mol. The highest BCUT2D eigenvalue weighted by atomic mass is 16.6. The molecule has 0 bridgehead atoms. The van der Waals surface area contributed by atoms with Crippen LogP contribution in [-0.2, 0) is 37.9 Å². The quantitative estimate of drug-likeness (QED) is 0.288. The number of hydrogen-bond donors (Lipinski definition) is 4. The van der Waals surface area contributed by atoms with Gasteiger partial charge in [0.2, 0.25) is 5.91 Å². The van der Waals surface area contributed by atoms with Crippen LogP contribution in [0.5, 0.6) is 0 Å². The summed E-state index contributed by atoms with van der Waals surface area (Å²) >= 11 is 0. The number of anilines is 1. The number of esters is 1. The van der Waals surface area contributed by atoms with E-state index in [1.54, 1.807) is 31.2 Å². The van der Waals surface area contributed by atoms with Crippen molar-refractivity contribution >= 4 is 34.4 Å². The van der Waals surface area contributed by atoms with Crippen molar-refractivity contribution in [1.29, 1.82) is 0 Å². The van der Waals surface area contributed by atoms with Crippen molar-refractivity contribution in [1.82, 2.24) is 9.55 Å². The fraction of sp³-hybridized carbons (Fsp3) is 0.320. The topological polar surface area (TPSA) is 174 Å². The minimum Gasteiger partial charge on any atom is -0.480 e. The molecule has 4 heterocycles. The van der Waals surface area contributed by atoms with Gasteiger partial charge in [-0.15, -0.1) is 0 Å². The van der Waals surface area contributed by atoms with Crippen molar-refractivity contribution in [2.75, 3.05) is 5.32 Å². The van der Waals surface area contributed by atoms with E-state index >= 15 is 0 Å². The average molecular weight is 492 g/mol. The van der Waals surface area contributed by atoms with Gasteiger partial charge in [0.15, 0.2) is 5.60 Å². The molecular formula is C25H24N4O7. The van der Waals surface area contributed by atoms with Crippen molar-refractivity contribution in [3.05, 3.63) is 57.4 Å². The number of aromatic nitrogens is 2. The molecule has 5 N–H and O–H groups in total. The van der Waals surface area contributed by atoms with Crippen LogP contribution < -0.4 is 16.6 Å². The average Bonchev–Trinajstić information content (AvgIpc) is 3.22. The molecule has 0 saturated carbocycles. The zero-order valence-electron chi connectivity index (χ0n) is 19.4. The van der Waals surface area contributed by atoms with Crippen molar-refractivity contribution in [2.24, 2.45) is 5.73 Å². The van der Waals surface area contributed by atoms with E-state index in [4.69, 9.17) is 20.6 Å². The second-order valence-corrected chi connectivity index (χ2v) is 9.00. The van der Waals surface area contributed by atoms with Crippen LogP contribution in [0.3, 0.4) is 0 Å². The molecule has 0 fully saturated rings. The van der Waals surface area contributed by atoms with Crippen molar-refractivity contribution in [3.8, 4) is 11.4 Å². The first-order chi connectivity index (χ1) is 17.1. The lowest BCUT2D eigenvalue weighted by Gasteiger charge is -2.31. The van der Waals surface area contributed by atoms with Crippen LogP contribution >= 0.6 is 0 Å². The Labute approximate surface area is 204 Å². The van der Waals surface area contributed by atoms with Crippen molar-refractivity contribution in [3.63, 3.8) is 0 Å². The minimum atomic E-state index is -1.90. The molecule has 0 saturated heterocycles. The van der Waals surface area contributed by atoms with E-state index in [1.165, 1.54) is 4.57 Å². The van der Waals surface area contributed by atoms with E-state index in [1.807, 2.05) is 6.07 Å². The van der Waals surface area contributed by atoms with Gasteiger partial charge in [-0.2, -0.15) is 0 Å². The van der Waals surface area contributed by atoms with Crippen LogP contribution in [0.4, 0.5) is 5.69 Å². The van der Waals surface area contributed by atoms with E-state index in [9.17, 15) is 24.3 Å². The first kappa shape index (κ1) is 23.6. The molecule has 1 unspecified atom stereocenters. The Hall–Kier alpha value is -4.09. The normalized spacial score (nSPS) is 18.7. The number of carbonyl (C=O) groups is 3. The number of aliphatic carboxylic acids is 1. The van der Waals surface area contributed by atoms with Crippen molar-refractivity contribution < 1.29 is 29.3 Å². The van der Waals surface area contributed by atoms with Crippen molar-refractivity contribution in [2.45, 2.75) is 51.0 Å². The van der Waals surface area contributed by atoms with Crippen LogP contribution in [0.1, 0.15) is 42.9 Å². The number of benzene rings is 1. The summed E-state index contributed by atoms with van der Waals surface area (Å²) in [6.07, 6.45) is -0.00526. The number of carboxylic acids is 1. The highest BCUT2D eigenvalue weighted by Gasteiger charge is 2.45. The zero-order valence-corrected chi connectivity index (χ0v) is 19.4. The molecule has 0 spiro atoms. The van der Waals surface area contributed by atoms with Gasteiger partial charge in [0.05, 0.1) is 34.7 Å². The highest BCUT2D eigenvalue weighted by molar-refractivity contribution is 6.02. The van der Waals surface area contributed by atoms with Gasteiger partial charge in [0, 0.05) is 22.9 Å². The lowest BCUT2D eigenvalue weighted by Crippen LogP contribution is -2.44. The minimum absolute atomic E-state index is 0.00119. The van der Waals surface area contributed by atoms with Gasteiger partial charge in [-0.3, -0.25) is 14.4 Å². The lowest BCUT2D eigenvalue weighted by atomic mass is 9.86. The van der Waals surface area contributed by atoms with Gasteiger partial charge in [-0.25, -0.2) is 9.78 Å². The molecule has 0 aliphatic carbocycles. The third kappa shape index (κ3) is 3.64. The predicted molar refractivity (Wildman–Crippen MR) is 128 cm³/mol. The number of hydrogen-bond acceptors (Lipinski definition) is 8. The summed E-state index contributed by atoms with van der Waals surface area (Å²) in [5, 5.41) is 23.3. The number of rotatable bonds is 6. The van der Waals surface area contributed by atoms with Crippen LogP contribution in [0.2, 0.25) is 0 Å². The molecule has 11 heteroatoms. The number of carboxylic acid groups (broad SMARTS) is 1. The molecular weight excluding hydrogens is 468 g/mol. The largest absolute Gasteiger partial charge is 0.480 e. The van der Waals surface area contributed by atoms with Crippen LogP contribution in [0.25, 0.3) is 22.3 Å². The van der Waals surface area contributed by atoms with E-state index in [2.05, 4.69) is 5.32 Å². The number of nitrogens with two attached hydrogens (primary N) is 1. The van der Waals surface area contributed by atoms with Crippen LogP contribution in [0.15, 0.2) is 35.1 Å². The maximum atomic E-state index is 13.3. The third-order valence-electron chi connectivity index (χ3n) is 6.83. The maximum absolute atomic E-state index is 13.3. The fourth-order valence-corrected chi connectivity index (χ4v) is 4.73. The Bertz CT molecular complexity index is 1510. The third-order valence-corrected chi connectivity index (χ3v) is 6.83. The molecule has 0 radical (unpaired) electrons. The molecule has 2 aliphatic rings. The number of cyclic esters (lactones) is 1. The summed E-state index contributed by atoms with van der Waals surface area (Å²) in [6.45, 7) is 1.67. The Morgan fingerprint density at radius 1 is 1.31 bits per heavy atom. The summed E-state index contributed by atoms with van der Waals surface area (Å²) in [7, 11) is 0. The van der Waals surface area contributed by atoms with Gasteiger partial charge in [0.25, 0.3) is 5.56 Å².